The fourth-order valence-corrected chi connectivity index (χ4v) is 3.48. The second-order valence-corrected chi connectivity index (χ2v) is 7.44. The van der Waals surface area contributed by atoms with Crippen LogP contribution in [0.1, 0.15) is 30.9 Å². The summed E-state index contributed by atoms with van der Waals surface area (Å²) in [5.41, 5.74) is 3.46. The number of anilines is 2. The summed E-state index contributed by atoms with van der Waals surface area (Å²) in [6.07, 6.45) is 1.74. The molecule has 1 saturated heterocycles. The number of benzene rings is 2. The normalized spacial score (nSPS) is 18.3. The maximum atomic E-state index is 12.4. The SMILES string of the molecule is Cc1cccc(NC(=O)Nc2cccc(CNC(=O)[C@H]3CCN[C@@H](C)C3)c2)c1.Cl. The van der Waals surface area contributed by atoms with Gasteiger partial charge in [-0.25, -0.2) is 4.79 Å². The topological polar surface area (TPSA) is 82.3 Å². The van der Waals surface area contributed by atoms with Crippen molar-refractivity contribution >= 4 is 35.7 Å². The molecule has 3 rings (SSSR count). The Morgan fingerprint density at radius 2 is 1.76 bits per heavy atom. The Hall–Kier alpha value is -2.57. The fraction of sp³-hybridized carbons (Fsp3) is 0.364. The van der Waals surface area contributed by atoms with E-state index < -0.39 is 0 Å². The Morgan fingerprint density at radius 3 is 2.45 bits per heavy atom. The van der Waals surface area contributed by atoms with Crippen LogP contribution in [-0.4, -0.2) is 24.5 Å². The van der Waals surface area contributed by atoms with E-state index in [4.69, 9.17) is 0 Å². The summed E-state index contributed by atoms with van der Waals surface area (Å²) in [5.74, 6) is 0.168. The van der Waals surface area contributed by atoms with Gasteiger partial charge in [0.25, 0.3) is 0 Å². The number of halogens is 1. The molecule has 1 aliphatic rings. The number of carbonyl (C=O) groups is 2. The molecule has 0 radical (unpaired) electrons. The maximum Gasteiger partial charge on any atom is 0.323 e. The number of urea groups is 1. The summed E-state index contributed by atoms with van der Waals surface area (Å²) in [4.78, 5) is 24.6. The Balaban J connectivity index is 0.00000300. The number of nitrogens with one attached hydrogen (secondary N) is 4. The lowest BCUT2D eigenvalue weighted by molar-refractivity contribution is -0.126. The van der Waals surface area contributed by atoms with Crippen LogP contribution in [0.2, 0.25) is 0 Å². The van der Waals surface area contributed by atoms with Crippen LogP contribution in [0, 0.1) is 12.8 Å². The van der Waals surface area contributed by atoms with E-state index in [-0.39, 0.29) is 30.3 Å². The summed E-state index contributed by atoms with van der Waals surface area (Å²) < 4.78 is 0. The first-order valence-electron chi connectivity index (χ1n) is 9.74. The van der Waals surface area contributed by atoms with Crippen molar-refractivity contribution in [2.75, 3.05) is 17.2 Å². The van der Waals surface area contributed by atoms with E-state index in [9.17, 15) is 9.59 Å². The minimum Gasteiger partial charge on any atom is -0.352 e. The molecular formula is C22H29ClN4O2. The minimum atomic E-state index is -0.296. The van der Waals surface area contributed by atoms with E-state index in [2.05, 4.69) is 28.2 Å². The van der Waals surface area contributed by atoms with Gasteiger partial charge in [-0.2, -0.15) is 0 Å². The average Bonchev–Trinajstić information content (AvgIpc) is 2.66. The molecule has 0 saturated carbocycles. The summed E-state index contributed by atoms with van der Waals surface area (Å²) in [6, 6.07) is 15.2. The second kappa shape index (κ2) is 10.8. The zero-order valence-corrected chi connectivity index (χ0v) is 17.6. The number of amides is 3. The first-order chi connectivity index (χ1) is 13.5. The highest BCUT2D eigenvalue weighted by Gasteiger charge is 2.24. The minimum absolute atomic E-state index is 0. The summed E-state index contributed by atoms with van der Waals surface area (Å²) >= 11 is 0. The third-order valence-corrected chi connectivity index (χ3v) is 4.92. The van der Waals surface area contributed by atoms with Crippen LogP contribution >= 0.6 is 12.4 Å². The third-order valence-electron chi connectivity index (χ3n) is 4.92. The van der Waals surface area contributed by atoms with Gasteiger partial charge in [0.2, 0.25) is 5.91 Å². The second-order valence-electron chi connectivity index (χ2n) is 7.44. The predicted octanol–water partition coefficient (Wildman–Crippen LogP) is 4.07. The molecule has 2 atom stereocenters. The van der Waals surface area contributed by atoms with Crippen molar-refractivity contribution in [3.63, 3.8) is 0 Å². The van der Waals surface area contributed by atoms with E-state index in [0.29, 0.717) is 18.3 Å². The van der Waals surface area contributed by atoms with Gasteiger partial charge >= 0.3 is 6.03 Å². The molecule has 1 fully saturated rings. The fourth-order valence-electron chi connectivity index (χ4n) is 3.48. The van der Waals surface area contributed by atoms with E-state index in [1.165, 1.54) is 0 Å². The summed E-state index contributed by atoms with van der Waals surface area (Å²) in [7, 11) is 0. The molecule has 0 bridgehead atoms. The Kier molecular flexibility index (Phi) is 8.49. The number of carbonyl (C=O) groups excluding carboxylic acids is 2. The Morgan fingerprint density at radius 1 is 1.07 bits per heavy atom. The van der Waals surface area contributed by atoms with E-state index in [1.807, 2.05) is 55.5 Å². The molecule has 2 aromatic rings. The molecule has 29 heavy (non-hydrogen) atoms. The van der Waals surface area contributed by atoms with Crippen LogP contribution in [-0.2, 0) is 11.3 Å². The highest BCUT2D eigenvalue weighted by molar-refractivity contribution is 5.99. The summed E-state index contributed by atoms with van der Waals surface area (Å²) in [5, 5.41) is 12.0. The third kappa shape index (κ3) is 7.07. The predicted molar refractivity (Wildman–Crippen MR) is 120 cm³/mol. The van der Waals surface area contributed by atoms with Crippen LogP contribution < -0.4 is 21.3 Å². The molecule has 7 heteroatoms. The van der Waals surface area contributed by atoms with Gasteiger partial charge in [-0.1, -0.05) is 24.3 Å². The molecular weight excluding hydrogens is 388 g/mol. The van der Waals surface area contributed by atoms with E-state index >= 15 is 0 Å². The molecule has 3 amide bonds. The van der Waals surface area contributed by atoms with E-state index in [1.54, 1.807) is 0 Å². The van der Waals surface area contributed by atoms with Crippen molar-refractivity contribution in [2.45, 2.75) is 39.3 Å². The lowest BCUT2D eigenvalue weighted by Gasteiger charge is -2.27. The standard InChI is InChI=1S/C22H28N4O2.ClH/c1-15-5-3-7-19(11-15)25-22(28)26-20-8-4-6-17(13-20)14-24-21(27)18-9-10-23-16(2)12-18;/h3-8,11,13,16,18,23H,9-10,12,14H2,1-2H3,(H,24,27)(H2,25,26,28);1H/t16-,18-;/m0./s1. The van der Waals surface area contributed by atoms with Crippen LogP contribution in [0.5, 0.6) is 0 Å². The van der Waals surface area contributed by atoms with Crippen LogP contribution in [0.3, 0.4) is 0 Å². The van der Waals surface area contributed by atoms with Gasteiger partial charge in [0.1, 0.15) is 0 Å². The van der Waals surface area contributed by atoms with Gasteiger partial charge < -0.3 is 21.3 Å². The number of rotatable bonds is 5. The van der Waals surface area contributed by atoms with Crippen LogP contribution in [0.15, 0.2) is 48.5 Å². The zero-order chi connectivity index (χ0) is 19.9. The van der Waals surface area contributed by atoms with E-state index in [0.717, 1.165) is 36.2 Å². The molecule has 0 unspecified atom stereocenters. The average molecular weight is 417 g/mol. The smallest absolute Gasteiger partial charge is 0.323 e. The molecule has 1 heterocycles. The van der Waals surface area contributed by atoms with Gasteiger partial charge in [-0.3, -0.25) is 4.79 Å². The molecule has 0 spiro atoms. The summed E-state index contributed by atoms with van der Waals surface area (Å²) in [6.45, 7) is 5.42. The molecule has 0 aliphatic carbocycles. The zero-order valence-electron chi connectivity index (χ0n) is 16.8. The monoisotopic (exact) mass is 416 g/mol. The maximum absolute atomic E-state index is 12.4. The van der Waals surface area contributed by atoms with Crippen molar-refractivity contribution < 1.29 is 9.59 Å². The Labute approximate surface area is 178 Å². The number of piperidine rings is 1. The van der Waals surface area contributed by atoms with Crippen molar-refractivity contribution in [2.24, 2.45) is 5.92 Å². The van der Waals surface area contributed by atoms with Crippen LogP contribution in [0.25, 0.3) is 0 Å². The number of hydrogen-bond donors (Lipinski definition) is 4. The van der Waals surface area contributed by atoms with Gasteiger partial charge in [0.15, 0.2) is 0 Å². The van der Waals surface area contributed by atoms with Crippen molar-refractivity contribution in [1.29, 1.82) is 0 Å². The molecule has 156 valence electrons. The van der Waals surface area contributed by atoms with Crippen molar-refractivity contribution in [1.82, 2.24) is 10.6 Å². The number of hydrogen-bond acceptors (Lipinski definition) is 3. The lowest BCUT2D eigenvalue weighted by Crippen LogP contribution is -2.42. The number of aryl methyl sites for hydroxylation is 1. The quantitative estimate of drug-likeness (QED) is 0.593. The van der Waals surface area contributed by atoms with Crippen molar-refractivity contribution in [3.05, 3.63) is 59.7 Å². The van der Waals surface area contributed by atoms with Crippen LogP contribution in [0.4, 0.5) is 16.2 Å². The molecule has 4 N–H and O–H groups in total. The molecule has 6 nitrogen and oxygen atoms in total. The molecule has 1 aliphatic heterocycles. The van der Waals surface area contributed by atoms with Gasteiger partial charge in [0, 0.05) is 29.9 Å². The molecule has 2 aromatic carbocycles. The van der Waals surface area contributed by atoms with Gasteiger partial charge in [0.05, 0.1) is 0 Å². The van der Waals surface area contributed by atoms with Crippen molar-refractivity contribution in [3.8, 4) is 0 Å². The highest BCUT2D eigenvalue weighted by Crippen LogP contribution is 2.17. The van der Waals surface area contributed by atoms with Gasteiger partial charge in [-0.15, -0.1) is 12.4 Å². The largest absolute Gasteiger partial charge is 0.352 e. The Bertz CT molecular complexity index is 843. The van der Waals surface area contributed by atoms with Gasteiger partial charge in [-0.05, 0) is 68.6 Å². The molecule has 0 aromatic heterocycles. The lowest BCUT2D eigenvalue weighted by atomic mass is 9.92. The highest BCUT2D eigenvalue weighted by atomic mass is 35.5. The first-order valence-corrected chi connectivity index (χ1v) is 9.74. The first kappa shape index (κ1) is 22.7.